The van der Waals surface area contributed by atoms with Crippen LogP contribution in [-0.2, 0) is 11.2 Å². The quantitative estimate of drug-likeness (QED) is 0.914. The van der Waals surface area contributed by atoms with Crippen molar-refractivity contribution in [2.45, 2.75) is 26.2 Å². The molecule has 18 heavy (non-hydrogen) atoms. The number of carbonyl (C=O) groups is 1. The number of hydrogen-bond donors (Lipinski definition) is 1. The average molecular weight is 270 g/mol. The largest absolute Gasteiger partial charge is 0.316 e. The lowest BCUT2D eigenvalue weighted by Crippen LogP contribution is -2.44. The third-order valence-electron chi connectivity index (χ3n) is 3.62. The smallest absolute Gasteiger partial charge is 0.144 e. The number of nitrogens with one attached hydrogen (secondary N) is 1. The van der Waals surface area contributed by atoms with Crippen LogP contribution < -0.4 is 5.32 Å². The summed E-state index contributed by atoms with van der Waals surface area (Å²) in [5.41, 5.74) is 0.364. The van der Waals surface area contributed by atoms with Crippen molar-refractivity contribution in [3.05, 3.63) is 34.6 Å². The summed E-state index contributed by atoms with van der Waals surface area (Å²) in [6, 6.07) is 4.56. The van der Waals surface area contributed by atoms with Crippen molar-refractivity contribution in [3.8, 4) is 0 Å². The minimum atomic E-state index is -0.464. The Bertz CT molecular complexity index is 455. The van der Waals surface area contributed by atoms with E-state index in [2.05, 4.69) is 5.32 Å². The molecule has 1 aliphatic heterocycles. The minimum absolute atomic E-state index is 0.0942. The van der Waals surface area contributed by atoms with Gasteiger partial charge in [-0.05, 0) is 37.1 Å². The molecule has 98 valence electrons. The number of benzene rings is 1. The van der Waals surface area contributed by atoms with E-state index >= 15 is 0 Å². The molecule has 1 atom stereocenters. The normalized spacial score (nSPS) is 23.9. The molecule has 1 saturated heterocycles. The SMILES string of the molecule is CC1(C(=O)Cc2ccc(Cl)c(F)c2)CCCNC1. The van der Waals surface area contributed by atoms with Gasteiger partial charge >= 0.3 is 0 Å². The monoisotopic (exact) mass is 269 g/mol. The van der Waals surface area contributed by atoms with Crippen LogP contribution in [0.1, 0.15) is 25.3 Å². The van der Waals surface area contributed by atoms with E-state index in [1.54, 1.807) is 6.07 Å². The van der Waals surface area contributed by atoms with E-state index in [-0.39, 0.29) is 22.6 Å². The average Bonchev–Trinajstić information content (AvgIpc) is 2.35. The van der Waals surface area contributed by atoms with Crippen LogP contribution in [0.3, 0.4) is 0 Å². The molecule has 1 fully saturated rings. The highest BCUT2D eigenvalue weighted by atomic mass is 35.5. The first-order valence-corrected chi connectivity index (χ1v) is 6.57. The molecule has 2 nitrogen and oxygen atoms in total. The number of halogens is 2. The van der Waals surface area contributed by atoms with Crippen LogP contribution in [0.25, 0.3) is 0 Å². The molecular weight excluding hydrogens is 253 g/mol. The van der Waals surface area contributed by atoms with Gasteiger partial charge in [-0.2, -0.15) is 0 Å². The van der Waals surface area contributed by atoms with Crippen molar-refractivity contribution < 1.29 is 9.18 Å². The maximum Gasteiger partial charge on any atom is 0.144 e. The maximum atomic E-state index is 13.3. The molecule has 0 bridgehead atoms. The summed E-state index contributed by atoms with van der Waals surface area (Å²) in [7, 11) is 0. The molecule has 2 rings (SSSR count). The Morgan fingerprint density at radius 3 is 2.94 bits per heavy atom. The summed E-state index contributed by atoms with van der Waals surface area (Å²) < 4.78 is 13.3. The third-order valence-corrected chi connectivity index (χ3v) is 3.93. The van der Waals surface area contributed by atoms with Crippen LogP contribution >= 0.6 is 11.6 Å². The third kappa shape index (κ3) is 2.90. The Balaban J connectivity index is 2.08. The van der Waals surface area contributed by atoms with E-state index in [9.17, 15) is 9.18 Å². The van der Waals surface area contributed by atoms with E-state index in [1.165, 1.54) is 12.1 Å². The highest BCUT2D eigenvalue weighted by molar-refractivity contribution is 6.30. The zero-order valence-electron chi connectivity index (χ0n) is 10.4. The Morgan fingerprint density at radius 2 is 2.33 bits per heavy atom. The lowest BCUT2D eigenvalue weighted by Gasteiger charge is -2.32. The summed E-state index contributed by atoms with van der Waals surface area (Å²) in [4.78, 5) is 12.3. The predicted molar refractivity (Wildman–Crippen MR) is 70.3 cm³/mol. The fraction of sp³-hybridized carbons (Fsp3) is 0.500. The van der Waals surface area contributed by atoms with Crippen LogP contribution in [0.4, 0.5) is 4.39 Å². The van der Waals surface area contributed by atoms with Gasteiger partial charge in [-0.25, -0.2) is 4.39 Å². The lowest BCUT2D eigenvalue weighted by atomic mass is 9.77. The molecule has 0 spiro atoms. The van der Waals surface area contributed by atoms with Gasteiger partial charge in [0.15, 0.2) is 0 Å². The molecular formula is C14H17ClFNO. The predicted octanol–water partition coefficient (Wildman–Crippen LogP) is 2.98. The molecule has 1 aromatic carbocycles. The van der Waals surface area contributed by atoms with Crippen molar-refractivity contribution in [2.75, 3.05) is 13.1 Å². The van der Waals surface area contributed by atoms with Crippen LogP contribution in [-0.4, -0.2) is 18.9 Å². The molecule has 1 unspecified atom stereocenters. The zero-order chi connectivity index (χ0) is 13.2. The number of Topliss-reactive ketones (excluding diaryl/α,β-unsaturated/α-hetero) is 1. The van der Waals surface area contributed by atoms with Crippen LogP contribution in [0.5, 0.6) is 0 Å². The zero-order valence-corrected chi connectivity index (χ0v) is 11.2. The van der Waals surface area contributed by atoms with Gasteiger partial charge in [0.1, 0.15) is 11.6 Å². The standard InChI is InChI=1S/C14H17ClFNO/c1-14(5-2-6-17-9-14)13(18)8-10-3-4-11(15)12(16)7-10/h3-4,7,17H,2,5-6,8-9H2,1H3. The Kier molecular flexibility index (Phi) is 4.03. The summed E-state index contributed by atoms with van der Waals surface area (Å²) in [6.07, 6.45) is 2.18. The number of rotatable bonds is 3. The van der Waals surface area contributed by atoms with Gasteiger partial charge in [-0.15, -0.1) is 0 Å². The number of carbonyl (C=O) groups excluding carboxylic acids is 1. The van der Waals surface area contributed by atoms with Crippen LogP contribution in [0, 0.1) is 11.2 Å². The van der Waals surface area contributed by atoms with Gasteiger partial charge in [0.05, 0.1) is 5.02 Å². The summed E-state index contributed by atoms with van der Waals surface area (Å²) in [5.74, 6) is -0.301. The molecule has 0 amide bonds. The van der Waals surface area contributed by atoms with Gasteiger partial charge in [0.2, 0.25) is 0 Å². The van der Waals surface area contributed by atoms with Gasteiger partial charge in [0.25, 0.3) is 0 Å². The van der Waals surface area contributed by atoms with Crippen molar-refractivity contribution in [1.82, 2.24) is 5.32 Å². The fourth-order valence-electron chi connectivity index (χ4n) is 2.34. The summed E-state index contributed by atoms with van der Waals surface area (Å²) >= 11 is 5.62. The van der Waals surface area contributed by atoms with Crippen molar-refractivity contribution in [1.29, 1.82) is 0 Å². The van der Waals surface area contributed by atoms with E-state index in [1.807, 2.05) is 6.92 Å². The maximum absolute atomic E-state index is 13.3. The molecule has 0 aromatic heterocycles. The lowest BCUT2D eigenvalue weighted by molar-refractivity contribution is -0.128. The van der Waals surface area contributed by atoms with Gasteiger partial charge in [0, 0.05) is 18.4 Å². The molecule has 0 aliphatic carbocycles. The Labute approximate surface area is 112 Å². The summed E-state index contributed by atoms with van der Waals surface area (Å²) in [6.45, 7) is 3.66. The number of ketones is 1. The second kappa shape index (κ2) is 5.37. The fourth-order valence-corrected chi connectivity index (χ4v) is 2.46. The van der Waals surface area contributed by atoms with Crippen molar-refractivity contribution >= 4 is 17.4 Å². The Morgan fingerprint density at radius 1 is 1.56 bits per heavy atom. The first kappa shape index (κ1) is 13.5. The topological polar surface area (TPSA) is 29.1 Å². The van der Waals surface area contributed by atoms with Crippen molar-refractivity contribution in [3.63, 3.8) is 0 Å². The molecule has 1 aliphatic rings. The highest BCUT2D eigenvalue weighted by Gasteiger charge is 2.33. The van der Waals surface area contributed by atoms with E-state index in [0.717, 1.165) is 19.4 Å². The van der Waals surface area contributed by atoms with Crippen LogP contribution in [0.15, 0.2) is 18.2 Å². The summed E-state index contributed by atoms with van der Waals surface area (Å²) in [5, 5.41) is 3.34. The van der Waals surface area contributed by atoms with E-state index in [0.29, 0.717) is 12.1 Å². The number of hydrogen-bond acceptors (Lipinski definition) is 2. The first-order chi connectivity index (χ1) is 8.51. The molecule has 1 N–H and O–H groups in total. The van der Waals surface area contributed by atoms with E-state index < -0.39 is 5.82 Å². The second-order valence-electron chi connectivity index (χ2n) is 5.19. The highest BCUT2D eigenvalue weighted by Crippen LogP contribution is 2.28. The van der Waals surface area contributed by atoms with Gasteiger partial charge in [-0.1, -0.05) is 24.6 Å². The number of piperidine rings is 1. The second-order valence-corrected chi connectivity index (χ2v) is 5.60. The molecule has 4 heteroatoms. The van der Waals surface area contributed by atoms with Crippen LogP contribution in [0.2, 0.25) is 5.02 Å². The molecule has 0 radical (unpaired) electrons. The Hall–Kier alpha value is -0.930. The van der Waals surface area contributed by atoms with Gasteiger partial charge < -0.3 is 5.32 Å². The first-order valence-electron chi connectivity index (χ1n) is 6.19. The molecule has 1 aromatic rings. The minimum Gasteiger partial charge on any atom is -0.316 e. The van der Waals surface area contributed by atoms with Crippen molar-refractivity contribution in [2.24, 2.45) is 5.41 Å². The molecule has 0 saturated carbocycles. The van der Waals surface area contributed by atoms with Gasteiger partial charge in [-0.3, -0.25) is 4.79 Å². The molecule has 1 heterocycles. The van der Waals surface area contributed by atoms with E-state index in [4.69, 9.17) is 11.6 Å².